The first kappa shape index (κ1) is 12.8. The lowest BCUT2D eigenvalue weighted by molar-refractivity contribution is 0.352. The zero-order valence-electron chi connectivity index (χ0n) is 10.2. The molecule has 1 unspecified atom stereocenters. The Morgan fingerprint density at radius 1 is 1.05 bits per heavy atom. The number of fused-ring (bicyclic) bond motifs is 1. The highest BCUT2D eigenvalue weighted by Gasteiger charge is 2.22. The summed E-state index contributed by atoms with van der Waals surface area (Å²) in [4.78, 5) is 0. The van der Waals surface area contributed by atoms with E-state index in [0.29, 0.717) is 16.7 Å². The van der Waals surface area contributed by atoms with Crippen molar-refractivity contribution in [3.8, 4) is 5.75 Å². The average molecular weight is 294 g/mol. The smallest absolute Gasteiger partial charge is 0.127 e. The van der Waals surface area contributed by atoms with Crippen molar-refractivity contribution in [1.82, 2.24) is 0 Å². The molecule has 2 N–H and O–H groups in total. The third-order valence-corrected chi connectivity index (χ3v) is 3.81. The molecule has 0 aromatic heterocycles. The van der Waals surface area contributed by atoms with Gasteiger partial charge in [0.1, 0.15) is 5.75 Å². The minimum absolute atomic E-state index is 0.261. The van der Waals surface area contributed by atoms with Crippen molar-refractivity contribution < 1.29 is 4.74 Å². The third-order valence-electron chi connectivity index (χ3n) is 3.34. The zero-order valence-corrected chi connectivity index (χ0v) is 11.7. The highest BCUT2D eigenvalue weighted by atomic mass is 35.5. The summed E-state index contributed by atoms with van der Waals surface area (Å²) in [6, 6.07) is 11.1. The standard InChI is InChI=1S/C15H13Cl2NO/c16-11-3-1-9(2-4-11)14(18)13-8-12(17)7-10-5-6-19-15(10)13/h1-4,7-8,14H,5-6,18H2. The summed E-state index contributed by atoms with van der Waals surface area (Å²) in [5.41, 5.74) is 9.38. The zero-order chi connectivity index (χ0) is 13.4. The number of benzene rings is 2. The molecule has 98 valence electrons. The van der Waals surface area contributed by atoms with Crippen molar-refractivity contribution in [2.24, 2.45) is 5.73 Å². The molecule has 0 bridgehead atoms. The van der Waals surface area contributed by atoms with Crippen molar-refractivity contribution in [1.29, 1.82) is 0 Å². The summed E-state index contributed by atoms with van der Waals surface area (Å²) in [7, 11) is 0. The molecular formula is C15H13Cl2NO. The molecule has 0 spiro atoms. The second-order valence-corrected chi connectivity index (χ2v) is 5.48. The molecule has 3 rings (SSSR count). The second kappa shape index (κ2) is 5.04. The molecule has 1 heterocycles. The van der Waals surface area contributed by atoms with E-state index in [2.05, 4.69) is 0 Å². The highest BCUT2D eigenvalue weighted by molar-refractivity contribution is 6.31. The van der Waals surface area contributed by atoms with Crippen LogP contribution in [0.5, 0.6) is 5.75 Å². The molecule has 0 aliphatic carbocycles. The molecule has 0 saturated carbocycles. The Labute approximate surface area is 122 Å². The van der Waals surface area contributed by atoms with E-state index in [4.69, 9.17) is 33.7 Å². The molecule has 0 saturated heterocycles. The molecule has 2 nitrogen and oxygen atoms in total. The Hall–Kier alpha value is -1.22. The molecule has 19 heavy (non-hydrogen) atoms. The van der Waals surface area contributed by atoms with Crippen LogP contribution in [0.15, 0.2) is 36.4 Å². The second-order valence-electron chi connectivity index (χ2n) is 4.61. The van der Waals surface area contributed by atoms with Crippen LogP contribution in [-0.2, 0) is 6.42 Å². The van der Waals surface area contributed by atoms with E-state index in [0.717, 1.165) is 28.9 Å². The van der Waals surface area contributed by atoms with Crippen LogP contribution in [0, 0.1) is 0 Å². The number of rotatable bonds is 2. The van der Waals surface area contributed by atoms with Gasteiger partial charge in [-0.3, -0.25) is 0 Å². The van der Waals surface area contributed by atoms with Gasteiger partial charge in [-0.15, -0.1) is 0 Å². The van der Waals surface area contributed by atoms with E-state index >= 15 is 0 Å². The van der Waals surface area contributed by atoms with E-state index in [1.807, 2.05) is 36.4 Å². The molecule has 0 amide bonds. The predicted molar refractivity (Wildman–Crippen MR) is 78.1 cm³/mol. The fraction of sp³-hybridized carbons (Fsp3) is 0.200. The Kier molecular flexibility index (Phi) is 3.40. The van der Waals surface area contributed by atoms with E-state index in [1.165, 1.54) is 0 Å². The van der Waals surface area contributed by atoms with Gasteiger partial charge in [0.15, 0.2) is 0 Å². The maximum atomic E-state index is 6.33. The Balaban J connectivity index is 2.04. The number of nitrogens with two attached hydrogens (primary N) is 1. The molecule has 2 aromatic carbocycles. The monoisotopic (exact) mass is 293 g/mol. The van der Waals surface area contributed by atoms with Gasteiger partial charge in [0.25, 0.3) is 0 Å². The highest BCUT2D eigenvalue weighted by Crippen LogP contribution is 2.37. The summed E-state index contributed by atoms with van der Waals surface area (Å²) in [6.07, 6.45) is 0.885. The number of hydrogen-bond acceptors (Lipinski definition) is 2. The minimum Gasteiger partial charge on any atom is -0.493 e. The lowest BCUT2D eigenvalue weighted by Gasteiger charge is -2.16. The van der Waals surface area contributed by atoms with Crippen LogP contribution in [0.1, 0.15) is 22.7 Å². The Morgan fingerprint density at radius 2 is 1.79 bits per heavy atom. The first-order chi connectivity index (χ1) is 9.15. The molecule has 0 fully saturated rings. The van der Waals surface area contributed by atoms with E-state index in [1.54, 1.807) is 0 Å². The van der Waals surface area contributed by atoms with E-state index in [-0.39, 0.29) is 6.04 Å². The number of ether oxygens (including phenoxy) is 1. The van der Waals surface area contributed by atoms with Gasteiger partial charge < -0.3 is 10.5 Å². The number of halogens is 2. The predicted octanol–water partition coefficient (Wildman–Crippen LogP) is 3.98. The van der Waals surface area contributed by atoms with Crippen LogP contribution in [-0.4, -0.2) is 6.61 Å². The van der Waals surface area contributed by atoms with Gasteiger partial charge in [0, 0.05) is 22.0 Å². The minimum atomic E-state index is -0.261. The quantitative estimate of drug-likeness (QED) is 0.909. The summed E-state index contributed by atoms with van der Waals surface area (Å²) in [5.74, 6) is 0.881. The summed E-state index contributed by atoms with van der Waals surface area (Å²) in [5, 5.41) is 1.40. The molecule has 4 heteroatoms. The molecule has 1 atom stereocenters. The molecule has 1 aliphatic rings. The Bertz CT molecular complexity index is 610. The largest absolute Gasteiger partial charge is 0.493 e. The maximum absolute atomic E-state index is 6.33. The lowest BCUT2D eigenvalue weighted by atomic mass is 9.96. The van der Waals surface area contributed by atoms with Crippen molar-refractivity contribution in [2.75, 3.05) is 6.61 Å². The normalized spacial score (nSPS) is 14.9. The van der Waals surface area contributed by atoms with Crippen molar-refractivity contribution >= 4 is 23.2 Å². The van der Waals surface area contributed by atoms with Gasteiger partial charge in [-0.1, -0.05) is 35.3 Å². The van der Waals surface area contributed by atoms with Crippen molar-refractivity contribution in [3.05, 3.63) is 63.1 Å². The van der Waals surface area contributed by atoms with Crippen molar-refractivity contribution in [2.45, 2.75) is 12.5 Å². The first-order valence-corrected chi connectivity index (χ1v) is 6.87. The Morgan fingerprint density at radius 3 is 2.53 bits per heavy atom. The average Bonchev–Trinajstić information content (AvgIpc) is 2.85. The van der Waals surface area contributed by atoms with Gasteiger partial charge in [0.05, 0.1) is 12.6 Å². The van der Waals surface area contributed by atoms with Crippen LogP contribution in [0.25, 0.3) is 0 Å². The van der Waals surface area contributed by atoms with Gasteiger partial charge in [-0.2, -0.15) is 0 Å². The van der Waals surface area contributed by atoms with Crippen LogP contribution in [0.3, 0.4) is 0 Å². The van der Waals surface area contributed by atoms with E-state index in [9.17, 15) is 0 Å². The van der Waals surface area contributed by atoms with Crippen molar-refractivity contribution in [3.63, 3.8) is 0 Å². The van der Waals surface area contributed by atoms with E-state index < -0.39 is 0 Å². The summed E-state index contributed by atoms with van der Waals surface area (Å²) in [6.45, 7) is 0.690. The summed E-state index contributed by atoms with van der Waals surface area (Å²) >= 11 is 12.0. The number of hydrogen-bond donors (Lipinski definition) is 1. The molecule has 1 aliphatic heterocycles. The third kappa shape index (κ3) is 2.44. The molecule has 0 radical (unpaired) electrons. The summed E-state index contributed by atoms with van der Waals surface area (Å²) < 4.78 is 5.69. The first-order valence-electron chi connectivity index (χ1n) is 6.11. The topological polar surface area (TPSA) is 35.2 Å². The lowest BCUT2D eigenvalue weighted by Crippen LogP contribution is -2.13. The molecule has 2 aromatic rings. The fourth-order valence-corrected chi connectivity index (χ4v) is 2.75. The fourth-order valence-electron chi connectivity index (χ4n) is 2.38. The van der Waals surface area contributed by atoms with Gasteiger partial charge in [-0.05, 0) is 35.4 Å². The van der Waals surface area contributed by atoms with Gasteiger partial charge >= 0.3 is 0 Å². The van der Waals surface area contributed by atoms with Crippen LogP contribution in [0.2, 0.25) is 10.0 Å². The van der Waals surface area contributed by atoms with Crippen LogP contribution in [0.4, 0.5) is 0 Å². The maximum Gasteiger partial charge on any atom is 0.127 e. The van der Waals surface area contributed by atoms with Crippen LogP contribution < -0.4 is 10.5 Å². The molecular weight excluding hydrogens is 281 g/mol. The van der Waals surface area contributed by atoms with Gasteiger partial charge in [-0.25, -0.2) is 0 Å². The SMILES string of the molecule is NC(c1ccc(Cl)cc1)c1cc(Cl)cc2c1OCC2. The van der Waals surface area contributed by atoms with Gasteiger partial charge in [0.2, 0.25) is 0 Å². The van der Waals surface area contributed by atoms with Crippen LogP contribution >= 0.6 is 23.2 Å².